The molecule has 0 spiro atoms. The molecule has 4 rings (SSSR count). The van der Waals surface area contributed by atoms with E-state index < -0.39 is 23.2 Å². The van der Waals surface area contributed by atoms with Crippen LogP contribution in [-0.2, 0) is 12.8 Å². The molecule has 0 bridgehead atoms. The minimum atomic E-state index is -1.24. The summed E-state index contributed by atoms with van der Waals surface area (Å²) in [6.45, 7) is 3.63. The third-order valence-electron chi connectivity index (χ3n) is 4.98. The predicted octanol–water partition coefficient (Wildman–Crippen LogP) is 4.11. The van der Waals surface area contributed by atoms with Gasteiger partial charge in [-0.25, -0.2) is 19.2 Å². The number of hydrogen-bond acceptors (Lipinski definition) is 6. The maximum absolute atomic E-state index is 11.5. The summed E-state index contributed by atoms with van der Waals surface area (Å²) in [5, 5.41) is 19.3. The molecule has 0 atom stereocenters. The molecule has 8 nitrogen and oxygen atoms in total. The number of aromatic carboxylic acids is 2. The van der Waals surface area contributed by atoms with Gasteiger partial charge in [-0.2, -0.15) is 0 Å². The third kappa shape index (κ3) is 4.15. The zero-order chi connectivity index (χ0) is 23.4. The van der Waals surface area contributed by atoms with Gasteiger partial charge in [0.1, 0.15) is 22.3 Å². The lowest BCUT2D eigenvalue weighted by molar-refractivity contribution is 0.0680. The molecule has 2 aromatic heterocycles. The van der Waals surface area contributed by atoms with E-state index in [1.807, 2.05) is 13.8 Å². The number of carboxylic acids is 2. The molecular weight excluding hydrogens is 416 g/mol. The highest BCUT2D eigenvalue weighted by Gasteiger charge is 2.19. The zero-order valence-electron chi connectivity index (χ0n) is 17.4. The van der Waals surface area contributed by atoms with E-state index in [1.165, 1.54) is 0 Å². The molecular formula is C24H20O8. The molecule has 0 aliphatic carbocycles. The first-order chi connectivity index (χ1) is 15.3. The molecule has 8 heteroatoms. The summed E-state index contributed by atoms with van der Waals surface area (Å²) in [7, 11) is 0. The van der Waals surface area contributed by atoms with Crippen LogP contribution in [0.1, 0.15) is 45.7 Å². The molecule has 0 unspecified atom stereocenters. The Labute approximate surface area is 181 Å². The maximum Gasteiger partial charge on any atom is 0.351 e. The first-order valence-corrected chi connectivity index (χ1v) is 9.86. The monoisotopic (exact) mass is 436 g/mol. The molecule has 164 valence electrons. The molecule has 0 saturated heterocycles. The van der Waals surface area contributed by atoms with Gasteiger partial charge in [-0.15, -0.1) is 0 Å². The van der Waals surface area contributed by atoms with Crippen molar-refractivity contribution in [3.05, 3.63) is 91.6 Å². The Kier molecular flexibility index (Phi) is 6.53. The second-order valence-corrected chi connectivity index (χ2v) is 6.80. The number of carbonyl (C=O) groups is 2. The summed E-state index contributed by atoms with van der Waals surface area (Å²) in [5.41, 5.74) is -0.198. The smallest absolute Gasteiger partial charge is 0.351 e. The standard InChI is InChI=1S/2C12H10O4/c2*1-2-7-8-5-3-4-6-9(8)16-12(15)10(7)11(13)14/h2*3-6H,2H2,1H3,(H,13,14). The van der Waals surface area contributed by atoms with Crippen molar-refractivity contribution in [3.8, 4) is 0 Å². The van der Waals surface area contributed by atoms with Crippen molar-refractivity contribution in [2.24, 2.45) is 0 Å². The molecule has 2 aromatic carbocycles. The number of carboxylic acid groups (broad SMARTS) is 2. The molecule has 2 heterocycles. The molecule has 0 aliphatic rings. The fourth-order valence-electron chi connectivity index (χ4n) is 3.59. The van der Waals surface area contributed by atoms with Crippen LogP contribution in [-0.4, -0.2) is 22.2 Å². The minimum absolute atomic E-state index is 0.263. The van der Waals surface area contributed by atoms with E-state index in [1.54, 1.807) is 48.5 Å². The quantitative estimate of drug-likeness (QED) is 0.456. The normalized spacial score (nSPS) is 10.6. The first-order valence-electron chi connectivity index (χ1n) is 9.86. The Morgan fingerprint density at radius 2 is 1.03 bits per heavy atom. The number of para-hydroxylation sites is 2. The molecule has 32 heavy (non-hydrogen) atoms. The highest BCUT2D eigenvalue weighted by Crippen LogP contribution is 2.21. The zero-order valence-corrected chi connectivity index (χ0v) is 17.4. The maximum atomic E-state index is 11.5. The van der Waals surface area contributed by atoms with Crippen LogP contribution < -0.4 is 11.3 Å². The van der Waals surface area contributed by atoms with Crippen LogP contribution >= 0.6 is 0 Å². The Balaban J connectivity index is 0.000000181. The predicted molar refractivity (Wildman–Crippen MR) is 118 cm³/mol. The van der Waals surface area contributed by atoms with E-state index >= 15 is 0 Å². The van der Waals surface area contributed by atoms with Crippen LogP contribution in [0.15, 0.2) is 67.0 Å². The lowest BCUT2D eigenvalue weighted by atomic mass is 10.0. The lowest BCUT2D eigenvalue weighted by Crippen LogP contribution is -2.17. The lowest BCUT2D eigenvalue weighted by Gasteiger charge is -2.05. The minimum Gasteiger partial charge on any atom is -0.477 e. The molecule has 0 fully saturated rings. The van der Waals surface area contributed by atoms with Gasteiger partial charge in [-0.05, 0) is 36.1 Å². The Morgan fingerprint density at radius 1 is 0.688 bits per heavy atom. The second kappa shape index (κ2) is 9.30. The van der Waals surface area contributed by atoms with Crippen molar-refractivity contribution >= 4 is 33.9 Å². The molecule has 2 N–H and O–H groups in total. The summed E-state index contributed by atoms with van der Waals surface area (Å²) in [6, 6.07) is 13.9. The van der Waals surface area contributed by atoms with E-state index in [-0.39, 0.29) is 11.1 Å². The van der Waals surface area contributed by atoms with Crippen LogP contribution in [0.5, 0.6) is 0 Å². The van der Waals surface area contributed by atoms with Gasteiger partial charge in [-0.3, -0.25) is 0 Å². The van der Waals surface area contributed by atoms with Gasteiger partial charge in [0.15, 0.2) is 0 Å². The Hall–Kier alpha value is -4.20. The van der Waals surface area contributed by atoms with Crippen LogP contribution in [0, 0.1) is 0 Å². The second-order valence-electron chi connectivity index (χ2n) is 6.80. The Morgan fingerprint density at radius 3 is 1.34 bits per heavy atom. The van der Waals surface area contributed by atoms with Crippen molar-refractivity contribution in [1.29, 1.82) is 0 Å². The van der Waals surface area contributed by atoms with E-state index in [2.05, 4.69) is 0 Å². The van der Waals surface area contributed by atoms with Crippen LogP contribution in [0.25, 0.3) is 21.9 Å². The van der Waals surface area contributed by atoms with Gasteiger partial charge in [0.05, 0.1) is 0 Å². The van der Waals surface area contributed by atoms with Gasteiger partial charge in [0.25, 0.3) is 0 Å². The van der Waals surface area contributed by atoms with Crippen molar-refractivity contribution < 1.29 is 28.6 Å². The van der Waals surface area contributed by atoms with Crippen LogP contribution in [0.2, 0.25) is 0 Å². The molecule has 0 radical (unpaired) electrons. The average molecular weight is 436 g/mol. The number of aryl methyl sites for hydroxylation is 2. The van der Waals surface area contributed by atoms with E-state index in [9.17, 15) is 19.2 Å². The molecule has 4 aromatic rings. The van der Waals surface area contributed by atoms with Gasteiger partial charge in [-0.1, -0.05) is 50.2 Å². The van der Waals surface area contributed by atoms with Crippen molar-refractivity contribution in [3.63, 3.8) is 0 Å². The largest absolute Gasteiger partial charge is 0.477 e. The summed E-state index contributed by atoms with van der Waals surface area (Å²) in [4.78, 5) is 45.0. The fraction of sp³-hybridized carbons (Fsp3) is 0.167. The van der Waals surface area contributed by atoms with Crippen molar-refractivity contribution in [2.45, 2.75) is 26.7 Å². The summed E-state index contributed by atoms with van der Waals surface area (Å²) in [6.07, 6.45) is 0.960. The number of benzene rings is 2. The van der Waals surface area contributed by atoms with Crippen LogP contribution in [0.3, 0.4) is 0 Å². The molecule has 0 aliphatic heterocycles. The van der Waals surface area contributed by atoms with Crippen molar-refractivity contribution in [2.75, 3.05) is 0 Å². The number of rotatable bonds is 4. The van der Waals surface area contributed by atoms with E-state index in [0.717, 1.165) is 0 Å². The topological polar surface area (TPSA) is 135 Å². The Bertz CT molecular complexity index is 1330. The van der Waals surface area contributed by atoms with Crippen molar-refractivity contribution in [1.82, 2.24) is 0 Å². The van der Waals surface area contributed by atoms with Gasteiger partial charge in [0, 0.05) is 10.8 Å². The summed E-state index contributed by atoms with van der Waals surface area (Å²) >= 11 is 0. The number of fused-ring (bicyclic) bond motifs is 2. The van der Waals surface area contributed by atoms with Gasteiger partial charge < -0.3 is 19.0 Å². The van der Waals surface area contributed by atoms with E-state index in [0.29, 0.717) is 45.9 Å². The highest BCUT2D eigenvalue weighted by atomic mass is 16.4. The summed E-state index contributed by atoms with van der Waals surface area (Å²) in [5.74, 6) is -2.48. The molecule has 0 amide bonds. The van der Waals surface area contributed by atoms with Gasteiger partial charge >= 0.3 is 23.2 Å². The first kappa shape index (κ1) is 22.5. The third-order valence-corrected chi connectivity index (χ3v) is 4.98. The summed E-state index contributed by atoms with van der Waals surface area (Å²) < 4.78 is 9.92. The highest BCUT2D eigenvalue weighted by molar-refractivity contribution is 5.95. The average Bonchev–Trinajstić information content (AvgIpc) is 2.77. The SMILES string of the molecule is CCc1c(C(=O)O)c(=O)oc2ccccc12.CCc1c(C(=O)O)c(=O)oc2ccccc12. The van der Waals surface area contributed by atoms with Crippen LogP contribution in [0.4, 0.5) is 0 Å². The fourth-order valence-corrected chi connectivity index (χ4v) is 3.59. The molecule has 0 saturated carbocycles. The number of hydrogen-bond donors (Lipinski definition) is 2. The van der Waals surface area contributed by atoms with E-state index in [4.69, 9.17) is 19.0 Å². The van der Waals surface area contributed by atoms with Gasteiger partial charge in [0.2, 0.25) is 0 Å².